The van der Waals surface area contributed by atoms with Gasteiger partial charge in [0.15, 0.2) is 0 Å². The van der Waals surface area contributed by atoms with E-state index in [1.54, 1.807) is 0 Å². The maximum Gasteiger partial charge on any atom is 0.471 e. The maximum absolute atomic E-state index is 13.6. The van der Waals surface area contributed by atoms with Gasteiger partial charge in [-0.05, 0) is 17.7 Å². The highest BCUT2D eigenvalue weighted by atomic mass is 19.4. The summed E-state index contributed by atoms with van der Waals surface area (Å²) in [5.74, 6) is -2.14. The Morgan fingerprint density at radius 3 is 2.43 bits per heavy atom. The van der Waals surface area contributed by atoms with E-state index in [9.17, 15) is 17.6 Å². The lowest BCUT2D eigenvalue weighted by molar-refractivity contribution is -0.0781. The van der Waals surface area contributed by atoms with E-state index in [1.807, 2.05) is 0 Å². The summed E-state index contributed by atoms with van der Waals surface area (Å²) in [4.78, 5) is 11.4. The average molecular weight is 305 g/mol. The van der Waals surface area contributed by atoms with Crippen molar-refractivity contribution in [3.05, 3.63) is 35.1 Å². The fraction of sp³-hybridized carbons (Fsp3) is 0.250. The van der Waals surface area contributed by atoms with E-state index >= 15 is 0 Å². The van der Waals surface area contributed by atoms with Crippen molar-refractivity contribution in [2.24, 2.45) is 15.3 Å². The number of halogens is 4. The summed E-state index contributed by atoms with van der Waals surface area (Å²) in [6, 6.07) is 3.83. The van der Waals surface area contributed by atoms with Gasteiger partial charge < -0.3 is 9.68 Å². The number of hydrogen-bond acceptors (Lipinski definition) is 5. The Morgan fingerprint density at radius 1 is 1.19 bits per heavy atom. The van der Waals surface area contributed by atoms with Crippen LogP contribution in [0.1, 0.15) is 11.1 Å². The molecule has 5 nitrogen and oxygen atoms in total. The van der Waals surface area contributed by atoms with Gasteiger partial charge in [-0.1, -0.05) is 16.4 Å². The molecular formula is C12H11F4N3O2. The molecular weight excluding hydrogens is 294 g/mol. The normalized spacial score (nSPS) is 13.1. The molecule has 0 aliphatic heterocycles. The Kier molecular flexibility index (Phi) is 5.82. The quantitative estimate of drug-likeness (QED) is 0.372. The lowest BCUT2D eigenvalue weighted by Crippen LogP contribution is -2.24. The van der Waals surface area contributed by atoms with Crippen LogP contribution in [0.5, 0.6) is 0 Å². The van der Waals surface area contributed by atoms with Gasteiger partial charge in [0.1, 0.15) is 12.9 Å². The number of oxime groups is 2. The minimum Gasteiger partial charge on any atom is -0.399 e. The molecule has 0 amide bonds. The van der Waals surface area contributed by atoms with Crippen molar-refractivity contribution in [2.75, 3.05) is 14.2 Å². The van der Waals surface area contributed by atoms with Crippen LogP contribution >= 0.6 is 0 Å². The van der Waals surface area contributed by atoms with Crippen LogP contribution in [-0.2, 0) is 9.68 Å². The van der Waals surface area contributed by atoms with Crippen molar-refractivity contribution in [1.29, 1.82) is 0 Å². The van der Waals surface area contributed by atoms with Crippen LogP contribution in [0.3, 0.4) is 0 Å². The number of aliphatic imine (C=N–C) groups is 1. The molecule has 0 heterocycles. The zero-order valence-electron chi connectivity index (χ0n) is 11.1. The largest absolute Gasteiger partial charge is 0.471 e. The third kappa shape index (κ3) is 5.21. The standard InChI is InChI=1S/C12H11F4N3O2/c1-17-11(12(14,15)16)21-19-6-8-3-4-9(7-18-20-2)10(13)5-8/h3-7H,1-2H3/b17-11-,18-7-,19-6+. The number of nitrogens with zero attached hydrogens (tertiary/aromatic N) is 3. The van der Waals surface area contributed by atoms with Crippen molar-refractivity contribution < 1.29 is 27.2 Å². The van der Waals surface area contributed by atoms with Crippen LogP contribution < -0.4 is 0 Å². The monoisotopic (exact) mass is 305 g/mol. The molecule has 0 bridgehead atoms. The molecule has 0 aliphatic carbocycles. The fourth-order valence-corrected chi connectivity index (χ4v) is 1.19. The van der Waals surface area contributed by atoms with Gasteiger partial charge >= 0.3 is 12.1 Å². The van der Waals surface area contributed by atoms with Gasteiger partial charge in [-0.25, -0.2) is 9.38 Å². The highest BCUT2D eigenvalue weighted by Gasteiger charge is 2.38. The van der Waals surface area contributed by atoms with Gasteiger partial charge in [0, 0.05) is 12.6 Å². The average Bonchev–Trinajstić information content (AvgIpc) is 2.41. The van der Waals surface area contributed by atoms with Crippen LogP contribution in [0.25, 0.3) is 0 Å². The van der Waals surface area contributed by atoms with Crippen LogP contribution in [0.15, 0.2) is 33.5 Å². The van der Waals surface area contributed by atoms with E-state index in [4.69, 9.17) is 0 Å². The molecule has 0 unspecified atom stereocenters. The molecule has 0 N–H and O–H groups in total. The predicted molar refractivity (Wildman–Crippen MR) is 69.1 cm³/mol. The van der Waals surface area contributed by atoms with Crippen molar-refractivity contribution in [3.8, 4) is 0 Å². The first-order valence-corrected chi connectivity index (χ1v) is 5.49. The molecule has 0 aromatic heterocycles. The zero-order valence-corrected chi connectivity index (χ0v) is 11.1. The van der Waals surface area contributed by atoms with E-state index in [0.717, 1.165) is 25.5 Å². The summed E-state index contributed by atoms with van der Waals surface area (Å²) < 4.78 is 50.4. The number of benzene rings is 1. The van der Waals surface area contributed by atoms with Crippen LogP contribution in [-0.4, -0.2) is 38.7 Å². The van der Waals surface area contributed by atoms with Gasteiger partial charge in [0.2, 0.25) is 0 Å². The zero-order chi connectivity index (χ0) is 15.9. The molecule has 0 aliphatic rings. The highest BCUT2D eigenvalue weighted by molar-refractivity contribution is 5.85. The van der Waals surface area contributed by atoms with E-state index < -0.39 is 17.9 Å². The minimum atomic E-state index is -4.74. The van der Waals surface area contributed by atoms with Gasteiger partial charge in [-0.2, -0.15) is 13.2 Å². The van der Waals surface area contributed by atoms with E-state index in [1.165, 1.54) is 19.2 Å². The van der Waals surface area contributed by atoms with E-state index in [2.05, 4.69) is 25.0 Å². The maximum atomic E-state index is 13.6. The first-order valence-electron chi connectivity index (χ1n) is 5.49. The molecule has 0 atom stereocenters. The first kappa shape index (κ1) is 16.6. The van der Waals surface area contributed by atoms with Gasteiger partial charge in [0.25, 0.3) is 0 Å². The second kappa shape index (κ2) is 7.36. The summed E-state index contributed by atoms with van der Waals surface area (Å²) >= 11 is 0. The molecule has 9 heteroatoms. The molecule has 1 rings (SSSR count). The van der Waals surface area contributed by atoms with Crippen molar-refractivity contribution in [2.45, 2.75) is 6.18 Å². The molecule has 1 aromatic carbocycles. The summed E-state index contributed by atoms with van der Waals surface area (Å²) in [5, 5.41) is 6.50. The van der Waals surface area contributed by atoms with Crippen LogP contribution in [0.4, 0.5) is 17.6 Å². The number of alkyl halides is 3. The third-order valence-corrected chi connectivity index (χ3v) is 2.11. The summed E-state index contributed by atoms with van der Waals surface area (Å²) in [5.41, 5.74) is 0.362. The van der Waals surface area contributed by atoms with E-state index in [0.29, 0.717) is 0 Å². The fourth-order valence-electron chi connectivity index (χ4n) is 1.19. The Balaban J connectivity index is 2.78. The van der Waals surface area contributed by atoms with Crippen molar-refractivity contribution in [3.63, 3.8) is 0 Å². The van der Waals surface area contributed by atoms with Crippen LogP contribution in [0.2, 0.25) is 0 Å². The summed E-state index contributed by atoms with van der Waals surface area (Å²) in [7, 11) is 2.22. The Hall–Kier alpha value is -2.45. The van der Waals surface area contributed by atoms with Crippen molar-refractivity contribution in [1.82, 2.24) is 0 Å². The lowest BCUT2D eigenvalue weighted by Gasteiger charge is -2.05. The van der Waals surface area contributed by atoms with Gasteiger partial charge in [0.05, 0.1) is 12.4 Å². The highest BCUT2D eigenvalue weighted by Crippen LogP contribution is 2.18. The lowest BCUT2D eigenvalue weighted by atomic mass is 10.1. The van der Waals surface area contributed by atoms with Crippen LogP contribution in [0, 0.1) is 5.82 Å². The summed E-state index contributed by atoms with van der Waals surface area (Å²) in [6.07, 6.45) is -2.66. The Labute approximate surface area is 117 Å². The Bertz CT molecular complexity index is 568. The SMILES string of the molecule is C/N=C(\O/N=C/c1ccc(/C=N\OC)c(F)c1)C(F)(F)F. The molecule has 0 spiro atoms. The summed E-state index contributed by atoms with van der Waals surface area (Å²) in [6.45, 7) is 0. The molecule has 0 saturated carbocycles. The minimum absolute atomic E-state index is 0.154. The number of hydrogen-bond donors (Lipinski definition) is 0. The number of rotatable bonds is 4. The molecule has 0 saturated heterocycles. The molecule has 0 fully saturated rings. The van der Waals surface area contributed by atoms with Crippen molar-refractivity contribution >= 4 is 18.3 Å². The molecule has 0 radical (unpaired) electrons. The second-order valence-electron chi connectivity index (χ2n) is 3.55. The Morgan fingerprint density at radius 2 is 1.90 bits per heavy atom. The smallest absolute Gasteiger partial charge is 0.399 e. The van der Waals surface area contributed by atoms with Gasteiger partial charge in [-0.15, -0.1) is 0 Å². The van der Waals surface area contributed by atoms with Gasteiger partial charge in [-0.3, -0.25) is 0 Å². The molecule has 114 valence electrons. The topological polar surface area (TPSA) is 55.5 Å². The second-order valence-corrected chi connectivity index (χ2v) is 3.55. The van der Waals surface area contributed by atoms with E-state index in [-0.39, 0.29) is 11.1 Å². The molecule has 1 aromatic rings. The molecule has 21 heavy (non-hydrogen) atoms. The predicted octanol–water partition coefficient (Wildman–Crippen LogP) is 2.75. The first-order chi connectivity index (χ1) is 9.88. The third-order valence-electron chi connectivity index (χ3n) is 2.11.